The molecular weight excluding hydrogens is 226 g/mol. The van der Waals surface area contributed by atoms with Crippen LogP contribution in [0.3, 0.4) is 0 Å². The zero-order valence-electron chi connectivity index (χ0n) is 8.18. The van der Waals surface area contributed by atoms with Crippen molar-refractivity contribution in [1.82, 2.24) is 4.98 Å². The maximum absolute atomic E-state index is 11.6. The largest absolute Gasteiger partial charge is 0.508 e. The number of rotatable bonds is 2. The minimum absolute atomic E-state index is 0.0931. The Morgan fingerprint density at radius 1 is 1.50 bits per heavy atom. The molecule has 0 radical (unpaired) electrons. The predicted molar refractivity (Wildman–Crippen MR) is 62.6 cm³/mol. The number of benzene rings is 1. The molecule has 6 heteroatoms. The van der Waals surface area contributed by atoms with Crippen molar-refractivity contribution >= 4 is 28.1 Å². The Hall–Kier alpha value is -2.08. The van der Waals surface area contributed by atoms with Gasteiger partial charge in [-0.15, -0.1) is 11.3 Å². The van der Waals surface area contributed by atoms with Crippen LogP contribution in [0.1, 0.15) is 10.5 Å². The highest BCUT2D eigenvalue weighted by atomic mass is 32.1. The lowest BCUT2D eigenvalue weighted by Gasteiger charge is -2.02. The fourth-order valence-corrected chi connectivity index (χ4v) is 1.71. The van der Waals surface area contributed by atoms with Crippen molar-refractivity contribution in [3.8, 4) is 5.75 Å². The number of nitrogens with one attached hydrogen (secondary N) is 1. The Kier molecular flexibility index (Phi) is 2.74. The predicted octanol–water partition coefficient (Wildman–Crippen LogP) is 1.68. The highest BCUT2D eigenvalue weighted by molar-refractivity contribution is 7.13. The molecule has 0 spiro atoms. The molecule has 0 unspecified atom stereocenters. The second-order valence-electron chi connectivity index (χ2n) is 3.08. The lowest BCUT2D eigenvalue weighted by Crippen LogP contribution is -2.12. The molecule has 5 nitrogen and oxygen atoms in total. The Labute approximate surface area is 95.6 Å². The summed E-state index contributed by atoms with van der Waals surface area (Å²) in [7, 11) is 0. The van der Waals surface area contributed by atoms with Crippen molar-refractivity contribution in [1.29, 1.82) is 0 Å². The minimum Gasteiger partial charge on any atom is -0.508 e. The van der Waals surface area contributed by atoms with Gasteiger partial charge >= 0.3 is 0 Å². The van der Waals surface area contributed by atoms with Gasteiger partial charge in [-0.1, -0.05) is 6.07 Å². The molecule has 0 aliphatic rings. The SMILES string of the molecule is Nc1nc(C(=O)Nc2cccc(O)c2)cs1. The van der Waals surface area contributed by atoms with Gasteiger partial charge in [-0.3, -0.25) is 4.79 Å². The van der Waals surface area contributed by atoms with E-state index < -0.39 is 0 Å². The number of phenolic OH excluding ortho intramolecular Hbond substituents is 1. The molecule has 4 N–H and O–H groups in total. The number of phenols is 1. The number of nitrogens with zero attached hydrogens (tertiary/aromatic N) is 1. The Bertz CT molecular complexity index is 524. The van der Waals surface area contributed by atoms with E-state index in [4.69, 9.17) is 5.73 Å². The van der Waals surface area contributed by atoms with Gasteiger partial charge in [-0.2, -0.15) is 0 Å². The van der Waals surface area contributed by atoms with Crippen LogP contribution in [0.2, 0.25) is 0 Å². The zero-order chi connectivity index (χ0) is 11.5. The number of amides is 1. The van der Waals surface area contributed by atoms with Crippen LogP contribution in [0.25, 0.3) is 0 Å². The zero-order valence-corrected chi connectivity index (χ0v) is 8.99. The van der Waals surface area contributed by atoms with Crippen LogP contribution in [-0.2, 0) is 0 Å². The smallest absolute Gasteiger partial charge is 0.275 e. The molecule has 0 aliphatic carbocycles. The summed E-state index contributed by atoms with van der Waals surface area (Å²) in [4.78, 5) is 15.5. The molecule has 1 aromatic heterocycles. The molecule has 0 bridgehead atoms. The molecule has 1 heterocycles. The van der Waals surface area contributed by atoms with Gasteiger partial charge in [0.25, 0.3) is 5.91 Å². The van der Waals surface area contributed by atoms with E-state index >= 15 is 0 Å². The topological polar surface area (TPSA) is 88.2 Å². The van der Waals surface area contributed by atoms with Crippen LogP contribution in [0.5, 0.6) is 5.75 Å². The summed E-state index contributed by atoms with van der Waals surface area (Å²) in [5.74, 6) is -0.255. The van der Waals surface area contributed by atoms with Gasteiger partial charge in [0.05, 0.1) is 0 Å². The molecule has 2 aromatic rings. The van der Waals surface area contributed by atoms with E-state index in [0.717, 1.165) is 0 Å². The number of aromatic hydroxyl groups is 1. The van der Waals surface area contributed by atoms with E-state index in [-0.39, 0.29) is 17.4 Å². The number of carbonyl (C=O) groups is 1. The number of aromatic nitrogens is 1. The fourth-order valence-electron chi connectivity index (χ4n) is 1.17. The van der Waals surface area contributed by atoms with Gasteiger partial charge in [-0.25, -0.2) is 4.98 Å². The molecule has 16 heavy (non-hydrogen) atoms. The highest BCUT2D eigenvalue weighted by Crippen LogP contribution is 2.17. The van der Waals surface area contributed by atoms with Gasteiger partial charge in [-0.05, 0) is 12.1 Å². The molecule has 82 valence electrons. The maximum Gasteiger partial charge on any atom is 0.275 e. The summed E-state index contributed by atoms with van der Waals surface area (Å²) in [5.41, 5.74) is 6.20. The van der Waals surface area contributed by atoms with E-state index in [9.17, 15) is 9.90 Å². The number of hydrogen-bond donors (Lipinski definition) is 3. The number of thiazole rings is 1. The first-order valence-corrected chi connectivity index (χ1v) is 5.34. The molecule has 0 saturated carbocycles. The molecular formula is C10H9N3O2S. The normalized spacial score (nSPS) is 10.0. The van der Waals surface area contributed by atoms with Gasteiger partial charge in [0, 0.05) is 17.1 Å². The summed E-state index contributed by atoms with van der Waals surface area (Å²) in [6.07, 6.45) is 0. The number of nitrogens with two attached hydrogens (primary N) is 1. The van der Waals surface area contributed by atoms with E-state index in [2.05, 4.69) is 10.3 Å². The molecule has 1 amide bonds. The molecule has 0 saturated heterocycles. The van der Waals surface area contributed by atoms with E-state index in [1.54, 1.807) is 17.5 Å². The van der Waals surface area contributed by atoms with Gasteiger partial charge in [0.2, 0.25) is 0 Å². The Morgan fingerprint density at radius 3 is 2.94 bits per heavy atom. The molecule has 0 fully saturated rings. The minimum atomic E-state index is -0.349. The van der Waals surface area contributed by atoms with Crippen molar-refractivity contribution in [2.24, 2.45) is 0 Å². The van der Waals surface area contributed by atoms with Crippen molar-refractivity contribution < 1.29 is 9.90 Å². The van der Waals surface area contributed by atoms with Crippen LogP contribution in [-0.4, -0.2) is 16.0 Å². The van der Waals surface area contributed by atoms with Crippen LogP contribution in [0, 0.1) is 0 Å². The van der Waals surface area contributed by atoms with Gasteiger partial charge in [0.1, 0.15) is 11.4 Å². The number of nitrogen functional groups attached to an aromatic ring is 1. The second kappa shape index (κ2) is 4.19. The van der Waals surface area contributed by atoms with Crippen LogP contribution < -0.4 is 11.1 Å². The highest BCUT2D eigenvalue weighted by Gasteiger charge is 2.09. The monoisotopic (exact) mass is 235 g/mol. The number of anilines is 2. The first-order valence-electron chi connectivity index (χ1n) is 4.46. The summed E-state index contributed by atoms with van der Waals surface area (Å²) in [6.45, 7) is 0. The maximum atomic E-state index is 11.6. The summed E-state index contributed by atoms with van der Waals surface area (Å²) in [6, 6.07) is 6.29. The first kappa shape index (κ1) is 10.4. The quantitative estimate of drug-likeness (QED) is 0.739. The third kappa shape index (κ3) is 2.29. The first-order chi connectivity index (χ1) is 7.65. The van der Waals surface area contributed by atoms with Crippen LogP contribution >= 0.6 is 11.3 Å². The van der Waals surface area contributed by atoms with Crippen molar-refractivity contribution in [2.75, 3.05) is 11.1 Å². The average molecular weight is 235 g/mol. The Morgan fingerprint density at radius 2 is 2.31 bits per heavy atom. The number of hydrogen-bond acceptors (Lipinski definition) is 5. The molecule has 1 aromatic carbocycles. The van der Waals surface area contributed by atoms with Crippen molar-refractivity contribution in [3.05, 3.63) is 35.3 Å². The Balaban J connectivity index is 2.13. The number of carbonyl (C=O) groups excluding carboxylic acids is 1. The van der Waals surface area contributed by atoms with Crippen molar-refractivity contribution in [2.45, 2.75) is 0 Å². The van der Waals surface area contributed by atoms with Crippen LogP contribution in [0.15, 0.2) is 29.6 Å². The summed E-state index contributed by atoms with van der Waals surface area (Å²) in [5, 5.41) is 13.7. The fraction of sp³-hybridized carbons (Fsp3) is 0. The summed E-state index contributed by atoms with van der Waals surface area (Å²) < 4.78 is 0. The second-order valence-corrected chi connectivity index (χ2v) is 3.97. The van der Waals surface area contributed by atoms with Crippen molar-refractivity contribution in [3.63, 3.8) is 0 Å². The lowest BCUT2D eigenvalue weighted by atomic mass is 10.3. The van der Waals surface area contributed by atoms with Gasteiger partial charge in [0.15, 0.2) is 5.13 Å². The van der Waals surface area contributed by atoms with E-state index in [0.29, 0.717) is 10.8 Å². The van der Waals surface area contributed by atoms with E-state index in [1.807, 2.05) is 0 Å². The molecule has 0 aliphatic heterocycles. The third-order valence-corrected chi connectivity index (χ3v) is 2.53. The average Bonchev–Trinajstić information content (AvgIpc) is 2.65. The van der Waals surface area contributed by atoms with E-state index in [1.165, 1.54) is 23.5 Å². The van der Waals surface area contributed by atoms with Gasteiger partial charge < -0.3 is 16.2 Å². The van der Waals surface area contributed by atoms with Crippen LogP contribution in [0.4, 0.5) is 10.8 Å². The standard InChI is InChI=1S/C10H9N3O2S/c11-10-13-8(5-16-10)9(15)12-6-2-1-3-7(14)4-6/h1-5,14H,(H2,11,13)(H,12,15). The molecule has 0 atom stereocenters. The lowest BCUT2D eigenvalue weighted by molar-refractivity contribution is 0.102. The summed E-state index contributed by atoms with van der Waals surface area (Å²) >= 11 is 1.20. The third-order valence-electron chi connectivity index (χ3n) is 1.86. The molecule has 2 rings (SSSR count).